The molecule has 0 saturated carbocycles. The predicted molar refractivity (Wildman–Crippen MR) is 87.7 cm³/mol. The van der Waals surface area contributed by atoms with E-state index in [2.05, 4.69) is 31.0 Å². The first kappa shape index (κ1) is 16.1. The molecule has 1 aromatic carbocycles. The van der Waals surface area contributed by atoms with E-state index in [1.165, 1.54) is 19.5 Å². The van der Waals surface area contributed by atoms with Crippen LogP contribution in [-0.2, 0) is 0 Å². The second kappa shape index (κ2) is 7.13. The Balaban J connectivity index is 1.86. The van der Waals surface area contributed by atoms with Crippen molar-refractivity contribution in [3.05, 3.63) is 33.8 Å². The maximum absolute atomic E-state index is 6.24. The van der Waals surface area contributed by atoms with Crippen LogP contribution in [0.3, 0.4) is 0 Å². The maximum atomic E-state index is 6.24. The van der Waals surface area contributed by atoms with Crippen molar-refractivity contribution in [2.24, 2.45) is 5.92 Å². The summed E-state index contributed by atoms with van der Waals surface area (Å²) in [6.45, 7) is 10.1. The van der Waals surface area contributed by atoms with Crippen LogP contribution in [0.15, 0.2) is 18.2 Å². The standard InChI is InChI=1S/C16H24Cl2N2/c1-11(2)20-7-6-13(10-20)9-19-12(3)15-8-14(17)4-5-16(15)18/h4-5,8,11-13,19H,6-7,9-10H2,1-3H3. The van der Waals surface area contributed by atoms with E-state index in [1.54, 1.807) is 0 Å². The van der Waals surface area contributed by atoms with Gasteiger partial charge in [-0.2, -0.15) is 0 Å². The van der Waals surface area contributed by atoms with E-state index in [0.29, 0.717) is 6.04 Å². The predicted octanol–water partition coefficient (Wildman–Crippen LogP) is 4.37. The summed E-state index contributed by atoms with van der Waals surface area (Å²) in [6.07, 6.45) is 1.28. The highest BCUT2D eigenvalue weighted by atomic mass is 35.5. The molecule has 1 aliphatic rings. The van der Waals surface area contributed by atoms with E-state index in [0.717, 1.165) is 28.1 Å². The number of benzene rings is 1. The van der Waals surface area contributed by atoms with Crippen molar-refractivity contribution in [3.8, 4) is 0 Å². The number of hydrogen-bond acceptors (Lipinski definition) is 2. The van der Waals surface area contributed by atoms with Gasteiger partial charge in [-0.25, -0.2) is 0 Å². The first-order chi connectivity index (χ1) is 9.47. The van der Waals surface area contributed by atoms with Crippen LogP contribution in [-0.4, -0.2) is 30.6 Å². The van der Waals surface area contributed by atoms with E-state index < -0.39 is 0 Å². The summed E-state index contributed by atoms with van der Waals surface area (Å²) >= 11 is 12.3. The SMILES string of the molecule is CC(NCC1CCN(C(C)C)C1)c1cc(Cl)ccc1Cl. The third-order valence-corrected chi connectivity index (χ3v) is 4.76. The average Bonchev–Trinajstić information content (AvgIpc) is 2.88. The van der Waals surface area contributed by atoms with Crippen molar-refractivity contribution < 1.29 is 0 Å². The molecular formula is C16H24Cl2N2. The topological polar surface area (TPSA) is 15.3 Å². The monoisotopic (exact) mass is 314 g/mol. The van der Waals surface area contributed by atoms with Gasteiger partial charge in [0.05, 0.1) is 0 Å². The quantitative estimate of drug-likeness (QED) is 0.868. The molecule has 2 rings (SSSR count). The molecule has 2 atom stereocenters. The molecule has 0 spiro atoms. The third kappa shape index (κ3) is 4.11. The van der Waals surface area contributed by atoms with Gasteiger partial charge in [-0.15, -0.1) is 0 Å². The lowest BCUT2D eigenvalue weighted by Gasteiger charge is -2.21. The van der Waals surface area contributed by atoms with Gasteiger partial charge in [-0.3, -0.25) is 0 Å². The van der Waals surface area contributed by atoms with Crippen molar-refractivity contribution in [2.45, 2.75) is 39.3 Å². The number of rotatable bonds is 5. The molecular weight excluding hydrogens is 291 g/mol. The lowest BCUT2D eigenvalue weighted by Crippen LogP contribution is -2.31. The molecule has 1 aliphatic heterocycles. The largest absolute Gasteiger partial charge is 0.310 e. The molecule has 4 heteroatoms. The summed E-state index contributed by atoms with van der Waals surface area (Å²) in [7, 11) is 0. The molecule has 1 fully saturated rings. The molecule has 1 heterocycles. The van der Waals surface area contributed by atoms with Crippen molar-refractivity contribution in [1.82, 2.24) is 10.2 Å². The molecule has 0 bridgehead atoms. The molecule has 0 aliphatic carbocycles. The maximum Gasteiger partial charge on any atom is 0.0454 e. The first-order valence-corrected chi connectivity index (χ1v) is 8.15. The molecule has 0 amide bonds. The highest BCUT2D eigenvalue weighted by molar-refractivity contribution is 6.33. The summed E-state index contributed by atoms with van der Waals surface area (Å²) in [6, 6.07) is 6.54. The zero-order valence-electron chi connectivity index (χ0n) is 12.5. The molecule has 2 unspecified atom stereocenters. The summed E-state index contributed by atoms with van der Waals surface area (Å²) in [4.78, 5) is 2.55. The normalized spacial score (nSPS) is 21.6. The van der Waals surface area contributed by atoms with Gasteiger partial charge in [0.15, 0.2) is 0 Å². The molecule has 1 saturated heterocycles. The Morgan fingerprint density at radius 3 is 2.70 bits per heavy atom. The molecule has 2 nitrogen and oxygen atoms in total. The van der Waals surface area contributed by atoms with Gasteiger partial charge < -0.3 is 10.2 Å². The second-order valence-corrected chi connectivity index (χ2v) is 6.88. The van der Waals surface area contributed by atoms with E-state index in [4.69, 9.17) is 23.2 Å². The van der Waals surface area contributed by atoms with E-state index in [9.17, 15) is 0 Å². The molecule has 112 valence electrons. The van der Waals surface area contributed by atoms with Gasteiger partial charge >= 0.3 is 0 Å². The van der Waals surface area contributed by atoms with Crippen molar-refractivity contribution in [1.29, 1.82) is 0 Å². The lowest BCUT2D eigenvalue weighted by atomic mass is 10.1. The number of likely N-dealkylation sites (tertiary alicyclic amines) is 1. The zero-order valence-corrected chi connectivity index (χ0v) is 14.0. The molecule has 1 aromatic rings. The fourth-order valence-electron chi connectivity index (χ4n) is 2.80. The van der Waals surface area contributed by atoms with Crippen molar-refractivity contribution in [3.63, 3.8) is 0 Å². The van der Waals surface area contributed by atoms with E-state index in [-0.39, 0.29) is 6.04 Å². The smallest absolute Gasteiger partial charge is 0.0454 e. The highest BCUT2D eigenvalue weighted by Crippen LogP contribution is 2.27. The summed E-state index contributed by atoms with van der Waals surface area (Å²) < 4.78 is 0. The second-order valence-electron chi connectivity index (χ2n) is 6.04. The van der Waals surface area contributed by atoms with Gasteiger partial charge in [-0.1, -0.05) is 23.2 Å². The van der Waals surface area contributed by atoms with E-state index >= 15 is 0 Å². The molecule has 1 N–H and O–H groups in total. The summed E-state index contributed by atoms with van der Waals surface area (Å²) in [5, 5.41) is 5.12. The Bertz CT molecular complexity index is 448. The fourth-order valence-corrected chi connectivity index (χ4v) is 3.26. The van der Waals surface area contributed by atoms with Gasteiger partial charge in [0, 0.05) is 28.7 Å². The fraction of sp³-hybridized carbons (Fsp3) is 0.625. The van der Waals surface area contributed by atoms with Gasteiger partial charge in [-0.05, 0) is 70.0 Å². The van der Waals surface area contributed by atoms with Crippen LogP contribution >= 0.6 is 23.2 Å². The third-order valence-electron chi connectivity index (χ3n) is 4.18. The van der Waals surface area contributed by atoms with Crippen LogP contribution in [0.1, 0.15) is 38.8 Å². The minimum absolute atomic E-state index is 0.231. The number of nitrogens with one attached hydrogen (secondary N) is 1. The van der Waals surface area contributed by atoms with Gasteiger partial charge in [0.1, 0.15) is 0 Å². The van der Waals surface area contributed by atoms with Crippen LogP contribution in [0, 0.1) is 5.92 Å². The van der Waals surface area contributed by atoms with Gasteiger partial charge in [0.2, 0.25) is 0 Å². The van der Waals surface area contributed by atoms with Crippen molar-refractivity contribution >= 4 is 23.2 Å². The van der Waals surface area contributed by atoms with Crippen LogP contribution < -0.4 is 5.32 Å². The lowest BCUT2D eigenvalue weighted by molar-refractivity contribution is 0.263. The Labute approximate surface area is 132 Å². The number of nitrogens with zero attached hydrogens (tertiary/aromatic N) is 1. The summed E-state index contributed by atoms with van der Waals surface area (Å²) in [5.74, 6) is 0.734. The molecule has 0 aromatic heterocycles. The Morgan fingerprint density at radius 2 is 2.05 bits per heavy atom. The Kier molecular flexibility index (Phi) is 5.74. The average molecular weight is 315 g/mol. The molecule has 20 heavy (non-hydrogen) atoms. The Morgan fingerprint density at radius 1 is 1.30 bits per heavy atom. The number of halogens is 2. The Hall–Kier alpha value is -0.280. The van der Waals surface area contributed by atoms with Crippen LogP contribution in [0.25, 0.3) is 0 Å². The highest BCUT2D eigenvalue weighted by Gasteiger charge is 2.24. The molecule has 0 radical (unpaired) electrons. The number of hydrogen-bond donors (Lipinski definition) is 1. The van der Waals surface area contributed by atoms with Crippen LogP contribution in [0.5, 0.6) is 0 Å². The van der Waals surface area contributed by atoms with Crippen LogP contribution in [0.2, 0.25) is 10.0 Å². The minimum Gasteiger partial charge on any atom is -0.310 e. The zero-order chi connectivity index (χ0) is 14.7. The van der Waals surface area contributed by atoms with Gasteiger partial charge in [0.25, 0.3) is 0 Å². The summed E-state index contributed by atoms with van der Waals surface area (Å²) in [5.41, 5.74) is 1.08. The van der Waals surface area contributed by atoms with Crippen molar-refractivity contribution in [2.75, 3.05) is 19.6 Å². The first-order valence-electron chi connectivity index (χ1n) is 7.39. The van der Waals surface area contributed by atoms with E-state index in [1.807, 2.05) is 18.2 Å². The minimum atomic E-state index is 0.231. The van der Waals surface area contributed by atoms with Crippen LogP contribution in [0.4, 0.5) is 0 Å².